The maximum absolute atomic E-state index is 12.1. The van der Waals surface area contributed by atoms with Gasteiger partial charge in [-0.15, -0.1) is 0 Å². The topological polar surface area (TPSA) is 59.1 Å². The van der Waals surface area contributed by atoms with Crippen LogP contribution in [0.25, 0.3) is 11.1 Å². The molecule has 0 fully saturated rings. The van der Waals surface area contributed by atoms with Gasteiger partial charge in [-0.25, -0.2) is 0 Å². The molecule has 0 atom stereocenters. The van der Waals surface area contributed by atoms with Gasteiger partial charge in [0.15, 0.2) is 0 Å². The van der Waals surface area contributed by atoms with Crippen LogP contribution in [-0.2, 0) is 32.3 Å². The molecule has 2 aromatic carbocycles. The van der Waals surface area contributed by atoms with Crippen LogP contribution < -0.4 is 0 Å². The highest BCUT2D eigenvalue weighted by Gasteiger charge is 2.08. The van der Waals surface area contributed by atoms with Crippen LogP contribution in [0.5, 0.6) is 0 Å². The SMILES string of the molecule is CCCCCN(C)CCC(=O)OCc1ccc(-c2ccc(COC(=O)CCN(C)CCCCC)cc2)cc1. The zero-order valence-electron chi connectivity index (χ0n) is 24.0. The second-order valence-corrected chi connectivity index (χ2v) is 10.2. The van der Waals surface area contributed by atoms with E-state index in [1.54, 1.807) is 0 Å². The van der Waals surface area contributed by atoms with Crippen LogP contribution in [0.3, 0.4) is 0 Å². The number of ether oxygens (including phenoxy) is 2. The maximum atomic E-state index is 12.1. The summed E-state index contributed by atoms with van der Waals surface area (Å²) in [4.78, 5) is 28.6. The Balaban J connectivity index is 1.70. The van der Waals surface area contributed by atoms with E-state index in [9.17, 15) is 9.59 Å². The second-order valence-electron chi connectivity index (χ2n) is 10.2. The molecule has 2 rings (SSSR count). The average Bonchev–Trinajstić information content (AvgIpc) is 2.93. The fraction of sp³-hybridized carbons (Fsp3) is 0.562. The van der Waals surface area contributed by atoms with E-state index >= 15 is 0 Å². The number of carbonyl (C=O) groups excluding carboxylic acids is 2. The van der Waals surface area contributed by atoms with Crippen molar-refractivity contribution in [3.8, 4) is 11.1 Å². The molecular weight excluding hydrogens is 476 g/mol. The van der Waals surface area contributed by atoms with Crippen molar-refractivity contribution in [2.45, 2.75) is 78.4 Å². The van der Waals surface area contributed by atoms with E-state index in [0.717, 1.165) is 48.4 Å². The Hall–Kier alpha value is -2.70. The van der Waals surface area contributed by atoms with E-state index in [1.807, 2.05) is 48.5 Å². The molecule has 0 N–H and O–H groups in total. The normalized spacial score (nSPS) is 11.2. The number of hydrogen-bond acceptors (Lipinski definition) is 6. The first kappa shape index (κ1) is 31.5. The highest BCUT2D eigenvalue weighted by Crippen LogP contribution is 2.21. The highest BCUT2D eigenvalue weighted by atomic mass is 16.5. The minimum atomic E-state index is -0.160. The standard InChI is InChI=1S/C32H48N2O4/c1-5-7-9-21-33(3)23-19-31(35)37-25-27-11-15-29(16-12-27)30-17-13-28(14-18-30)26-38-32(36)20-24-34(4)22-10-8-6-2/h11-18H,5-10,19-26H2,1-4H3. The smallest absolute Gasteiger partial charge is 0.307 e. The van der Waals surface area contributed by atoms with Gasteiger partial charge in [0.2, 0.25) is 0 Å². The summed E-state index contributed by atoms with van der Waals surface area (Å²) in [6.45, 7) is 8.46. The second kappa shape index (κ2) is 18.5. The molecule has 0 aliphatic rings. The molecule has 0 radical (unpaired) electrons. The molecular formula is C32H48N2O4. The maximum Gasteiger partial charge on any atom is 0.307 e. The summed E-state index contributed by atoms with van der Waals surface area (Å²) in [5.41, 5.74) is 4.11. The van der Waals surface area contributed by atoms with Crippen LogP contribution in [0.15, 0.2) is 48.5 Å². The molecule has 0 saturated heterocycles. The summed E-state index contributed by atoms with van der Waals surface area (Å²) >= 11 is 0. The van der Waals surface area contributed by atoms with E-state index in [1.165, 1.54) is 38.5 Å². The number of hydrogen-bond donors (Lipinski definition) is 0. The summed E-state index contributed by atoms with van der Waals surface area (Å²) in [5, 5.41) is 0. The van der Waals surface area contributed by atoms with Gasteiger partial charge in [-0.1, -0.05) is 88.1 Å². The highest BCUT2D eigenvalue weighted by molar-refractivity contribution is 5.70. The summed E-state index contributed by atoms with van der Waals surface area (Å²) in [6, 6.07) is 16.1. The third-order valence-electron chi connectivity index (χ3n) is 6.72. The number of rotatable bonds is 19. The molecule has 38 heavy (non-hydrogen) atoms. The summed E-state index contributed by atoms with van der Waals surface area (Å²) in [7, 11) is 4.10. The molecule has 0 saturated carbocycles. The minimum Gasteiger partial charge on any atom is -0.461 e. The van der Waals surface area contributed by atoms with Crippen molar-refractivity contribution in [3.63, 3.8) is 0 Å². The number of esters is 2. The van der Waals surface area contributed by atoms with E-state index in [2.05, 4.69) is 37.7 Å². The van der Waals surface area contributed by atoms with Crippen LogP contribution >= 0.6 is 0 Å². The van der Waals surface area contributed by atoms with Crippen LogP contribution in [0.2, 0.25) is 0 Å². The van der Waals surface area contributed by atoms with Gasteiger partial charge in [0.25, 0.3) is 0 Å². The predicted octanol–water partition coefficient (Wildman–Crippen LogP) is 6.46. The van der Waals surface area contributed by atoms with Crippen LogP contribution in [-0.4, -0.2) is 62.0 Å². The molecule has 210 valence electrons. The quantitative estimate of drug-likeness (QED) is 0.155. The van der Waals surface area contributed by atoms with E-state index in [0.29, 0.717) is 12.8 Å². The number of unbranched alkanes of at least 4 members (excludes halogenated alkanes) is 4. The number of nitrogens with zero attached hydrogens (tertiary/aromatic N) is 2. The molecule has 0 amide bonds. The van der Waals surface area contributed by atoms with Gasteiger partial charge in [-0.2, -0.15) is 0 Å². The van der Waals surface area contributed by atoms with Crippen molar-refractivity contribution in [1.29, 1.82) is 0 Å². The molecule has 0 unspecified atom stereocenters. The Bertz CT molecular complexity index is 850. The predicted molar refractivity (Wildman–Crippen MR) is 155 cm³/mol. The van der Waals surface area contributed by atoms with Gasteiger partial charge in [-0.05, 0) is 62.3 Å². The largest absolute Gasteiger partial charge is 0.461 e. The Kier molecular flexibility index (Phi) is 15.4. The number of carbonyl (C=O) groups is 2. The van der Waals surface area contributed by atoms with E-state index < -0.39 is 0 Å². The van der Waals surface area contributed by atoms with Gasteiger partial charge in [0, 0.05) is 13.1 Å². The fourth-order valence-corrected chi connectivity index (χ4v) is 4.11. The van der Waals surface area contributed by atoms with Crippen LogP contribution in [0.1, 0.15) is 76.3 Å². The zero-order chi connectivity index (χ0) is 27.6. The fourth-order valence-electron chi connectivity index (χ4n) is 4.11. The van der Waals surface area contributed by atoms with Gasteiger partial charge in [0.1, 0.15) is 13.2 Å². The van der Waals surface area contributed by atoms with Gasteiger partial charge < -0.3 is 19.3 Å². The first-order chi connectivity index (χ1) is 18.4. The Labute approximate surface area is 230 Å². The van der Waals surface area contributed by atoms with Gasteiger partial charge >= 0.3 is 11.9 Å². The third-order valence-corrected chi connectivity index (χ3v) is 6.72. The molecule has 0 aliphatic heterocycles. The molecule has 2 aromatic rings. The molecule has 6 heteroatoms. The summed E-state index contributed by atoms with van der Waals surface area (Å²) in [5.74, 6) is -0.321. The van der Waals surface area contributed by atoms with Crippen molar-refractivity contribution < 1.29 is 19.1 Å². The Morgan fingerprint density at radius 1 is 0.579 bits per heavy atom. The van der Waals surface area contributed by atoms with Crippen LogP contribution in [0.4, 0.5) is 0 Å². The van der Waals surface area contributed by atoms with Gasteiger partial charge in [0.05, 0.1) is 12.8 Å². The molecule has 0 spiro atoms. The monoisotopic (exact) mass is 524 g/mol. The van der Waals surface area contributed by atoms with E-state index in [-0.39, 0.29) is 25.2 Å². The lowest BCUT2D eigenvalue weighted by Gasteiger charge is -2.15. The van der Waals surface area contributed by atoms with Crippen molar-refractivity contribution in [3.05, 3.63) is 59.7 Å². The average molecular weight is 525 g/mol. The van der Waals surface area contributed by atoms with Crippen molar-refractivity contribution in [2.24, 2.45) is 0 Å². The first-order valence-corrected chi connectivity index (χ1v) is 14.3. The molecule has 0 aromatic heterocycles. The molecule has 0 bridgehead atoms. The molecule has 0 aliphatic carbocycles. The Morgan fingerprint density at radius 3 is 1.29 bits per heavy atom. The lowest BCUT2D eigenvalue weighted by atomic mass is 10.0. The van der Waals surface area contributed by atoms with Crippen molar-refractivity contribution in [2.75, 3.05) is 40.3 Å². The minimum absolute atomic E-state index is 0.160. The van der Waals surface area contributed by atoms with E-state index in [4.69, 9.17) is 9.47 Å². The third kappa shape index (κ3) is 13.2. The van der Waals surface area contributed by atoms with Crippen LogP contribution in [0, 0.1) is 0 Å². The summed E-state index contributed by atoms with van der Waals surface area (Å²) in [6.07, 6.45) is 8.02. The Morgan fingerprint density at radius 2 is 0.947 bits per heavy atom. The zero-order valence-corrected chi connectivity index (χ0v) is 24.0. The molecule has 0 heterocycles. The lowest BCUT2D eigenvalue weighted by molar-refractivity contribution is -0.146. The number of benzene rings is 2. The van der Waals surface area contributed by atoms with Crippen molar-refractivity contribution in [1.82, 2.24) is 9.80 Å². The lowest BCUT2D eigenvalue weighted by Crippen LogP contribution is -2.23. The first-order valence-electron chi connectivity index (χ1n) is 14.3. The van der Waals surface area contributed by atoms with Crippen molar-refractivity contribution >= 4 is 11.9 Å². The molecule has 6 nitrogen and oxygen atoms in total. The summed E-state index contributed by atoms with van der Waals surface area (Å²) < 4.78 is 10.9. The van der Waals surface area contributed by atoms with Gasteiger partial charge in [-0.3, -0.25) is 9.59 Å².